The molecule has 2 aromatic rings. The van der Waals surface area contributed by atoms with E-state index in [1.165, 1.54) is 30.5 Å². The number of ether oxygens (including phenoxy) is 1. The molecule has 1 N–H and O–H groups in total. The number of alkyl halides is 3. The molecule has 0 aromatic heterocycles. The zero-order valence-corrected chi connectivity index (χ0v) is 20.7. The van der Waals surface area contributed by atoms with E-state index in [4.69, 9.17) is 0 Å². The van der Waals surface area contributed by atoms with Crippen molar-refractivity contribution in [3.05, 3.63) is 65.2 Å². The Balaban J connectivity index is 1.06. The predicted octanol–water partition coefficient (Wildman–Crippen LogP) is 4.96. The van der Waals surface area contributed by atoms with E-state index in [0.29, 0.717) is 17.5 Å². The molecule has 2 amide bonds. The summed E-state index contributed by atoms with van der Waals surface area (Å²) in [4.78, 5) is 30.2. The fourth-order valence-corrected chi connectivity index (χ4v) is 5.53. The number of nitrogens with one attached hydrogen (secondary N) is 1. The van der Waals surface area contributed by atoms with E-state index in [1.54, 1.807) is 0 Å². The highest BCUT2D eigenvalue weighted by atomic mass is 19.4. The molecule has 3 aliphatic rings. The predicted molar refractivity (Wildman–Crippen MR) is 133 cm³/mol. The van der Waals surface area contributed by atoms with Crippen LogP contribution in [0.5, 0.6) is 5.75 Å². The molecule has 0 unspecified atom stereocenters. The van der Waals surface area contributed by atoms with Gasteiger partial charge in [-0.3, -0.25) is 9.59 Å². The van der Waals surface area contributed by atoms with Gasteiger partial charge in [0, 0.05) is 49.4 Å². The highest BCUT2D eigenvalue weighted by Gasteiger charge is 2.33. The SMILES string of the molecule is O=C(NC1CCN(C2CCN(C(=O)c3ccccc3C3CC3)CC2)CC1)c1ccc(OC(F)(F)F)cc1. The van der Waals surface area contributed by atoms with Gasteiger partial charge >= 0.3 is 6.36 Å². The number of halogens is 3. The average molecular weight is 516 g/mol. The van der Waals surface area contributed by atoms with Gasteiger partial charge in [-0.05, 0) is 80.3 Å². The molecule has 0 radical (unpaired) electrons. The molecule has 3 fully saturated rings. The standard InChI is InChI=1S/C28H32F3N3O3/c29-28(30,31)37-23-9-7-20(8-10-23)26(35)32-21-11-15-33(16-12-21)22-13-17-34(18-14-22)27(36)25-4-2-1-3-24(25)19-5-6-19/h1-4,7-10,19,21-22H,5-6,11-18H2,(H,32,35). The summed E-state index contributed by atoms with van der Waals surface area (Å²) < 4.78 is 40.8. The molecule has 0 spiro atoms. The Kier molecular flexibility index (Phi) is 7.42. The quantitative estimate of drug-likeness (QED) is 0.591. The van der Waals surface area contributed by atoms with E-state index >= 15 is 0 Å². The molecule has 198 valence electrons. The number of likely N-dealkylation sites (tertiary alicyclic amines) is 2. The number of hydrogen-bond donors (Lipinski definition) is 1. The molecule has 2 aromatic carbocycles. The molecule has 6 nitrogen and oxygen atoms in total. The Labute approximate surface area is 214 Å². The minimum Gasteiger partial charge on any atom is -0.406 e. The van der Waals surface area contributed by atoms with Gasteiger partial charge < -0.3 is 19.9 Å². The number of benzene rings is 2. The maximum Gasteiger partial charge on any atom is 0.573 e. The lowest BCUT2D eigenvalue weighted by Gasteiger charge is -2.42. The Morgan fingerprint density at radius 3 is 2.11 bits per heavy atom. The van der Waals surface area contributed by atoms with Crippen molar-refractivity contribution in [1.82, 2.24) is 15.1 Å². The lowest BCUT2D eigenvalue weighted by molar-refractivity contribution is -0.274. The van der Waals surface area contributed by atoms with E-state index < -0.39 is 6.36 Å². The third kappa shape index (κ3) is 6.44. The van der Waals surface area contributed by atoms with Crippen LogP contribution in [0.25, 0.3) is 0 Å². The molecule has 1 aliphatic carbocycles. The fraction of sp³-hybridized carbons (Fsp3) is 0.500. The maximum atomic E-state index is 13.2. The molecule has 2 aliphatic heterocycles. The molecule has 9 heteroatoms. The summed E-state index contributed by atoms with van der Waals surface area (Å²) in [6.45, 7) is 3.25. The maximum absolute atomic E-state index is 13.2. The van der Waals surface area contributed by atoms with E-state index in [-0.39, 0.29) is 23.6 Å². The van der Waals surface area contributed by atoms with Gasteiger partial charge in [-0.2, -0.15) is 0 Å². The van der Waals surface area contributed by atoms with Crippen molar-refractivity contribution in [3.8, 4) is 5.75 Å². The Morgan fingerprint density at radius 2 is 1.49 bits per heavy atom. The van der Waals surface area contributed by atoms with E-state index in [0.717, 1.165) is 69.6 Å². The summed E-state index contributed by atoms with van der Waals surface area (Å²) in [5, 5.41) is 3.00. The molecule has 37 heavy (non-hydrogen) atoms. The van der Waals surface area contributed by atoms with Crippen molar-refractivity contribution >= 4 is 11.8 Å². The summed E-state index contributed by atoms with van der Waals surface area (Å²) in [6.07, 6.45) is 1.11. The first kappa shape index (κ1) is 25.6. The van der Waals surface area contributed by atoms with Gasteiger partial charge in [0.2, 0.25) is 0 Å². The minimum atomic E-state index is -4.76. The van der Waals surface area contributed by atoms with Crippen LogP contribution in [0, 0.1) is 0 Å². The van der Waals surface area contributed by atoms with E-state index in [2.05, 4.69) is 21.0 Å². The second kappa shape index (κ2) is 10.7. The van der Waals surface area contributed by atoms with Gasteiger partial charge in [0.1, 0.15) is 5.75 Å². The monoisotopic (exact) mass is 515 g/mol. The van der Waals surface area contributed by atoms with Crippen LogP contribution < -0.4 is 10.1 Å². The molecule has 0 atom stereocenters. The number of amides is 2. The number of nitrogens with zero attached hydrogens (tertiary/aromatic N) is 2. The van der Waals surface area contributed by atoms with Gasteiger partial charge in [-0.15, -0.1) is 13.2 Å². The third-order valence-corrected chi connectivity index (χ3v) is 7.69. The van der Waals surface area contributed by atoms with Crippen LogP contribution in [0.1, 0.15) is 70.7 Å². The summed E-state index contributed by atoms with van der Waals surface area (Å²) in [7, 11) is 0. The van der Waals surface area contributed by atoms with Gasteiger partial charge in [0.15, 0.2) is 0 Å². The molecular formula is C28H32F3N3O3. The lowest BCUT2D eigenvalue weighted by Crippen LogP contribution is -2.51. The lowest BCUT2D eigenvalue weighted by atomic mass is 9.96. The second-order valence-electron chi connectivity index (χ2n) is 10.2. The summed E-state index contributed by atoms with van der Waals surface area (Å²) in [5.74, 6) is 0.0511. The van der Waals surface area contributed by atoms with Gasteiger partial charge in [0.05, 0.1) is 0 Å². The smallest absolute Gasteiger partial charge is 0.406 e. The van der Waals surface area contributed by atoms with Gasteiger partial charge in [0.25, 0.3) is 11.8 Å². The average Bonchev–Trinajstić information content (AvgIpc) is 3.74. The Morgan fingerprint density at radius 1 is 0.838 bits per heavy atom. The summed E-state index contributed by atoms with van der Waals surface area (Å²) in [6, 6.07) is 13.4. The first-order chi connectivity index (χ1) is 17.8. The largest absolute Gasteiger partial charge is 0.573 e. The number of carbonyl (C=O) groups is 2. The van der Waals surface area contributed by atoms with Crippen LogP contribution in [0.4, 0.5) is 13.2 Å². The molecule has 1 saturated carbocycles. The summed E-state index contributed by atoms with van der Waals surface area (Å²) >= 11 is 0. The van der Waals surface area contributed by atoms with E-state index in [1.807, 2.05) is 23.1 Å². The molecule has 2 saturated heterocycles. The van der Waals surface area contributed by atoms with E-state index in [9.17, 15) is 22.8 Å². The molecule has 0 bridgehead atoms. The zero-order chi connectivity index (χ0) is 26.0. The number of rotatable bonds is 6. The summed E-state index contributed by atoms with van der Waals surface area (Å²) in [5.41, 5.74) is 2.36. The Hall–Kier alpha value is -3.07. The third-order valence-electron chi connectivity index (χ3n) is 7.69. The van der Waals surface area contributed by atoms with Crippen molar-refractivity contribution in [3.63, 3.8) is 0 Å². The van der Waals surface area contributed by atoms with Crippen molar-refractivity contribution in [2.75, 3.05) is 26.2 Å². The second-order valence-corrected chi connectivity index (χ2v) is 10.2. The molecular weight excluding hydrogens is 483 g/mol. The van der Waals surface area contributed by atoms with Crippen LogP contribution in [0.3, 0.4) is 0 Å². The van der Waals surface area contributed by atoms with Crippen LogP contribution in [-0.4, -0.2) is 66.2 Å². The van der Waals surface area contributed by atoms with Crippen LogP contribution in [0.15, 0.2) is 48.5 Å². The number of piperidine rings is 2. The van der Waals surface area contributed by atoms with Crippen molar-refractivity contribution in [2.45, 2.75) is 62.9 Å². The minimum absolute atomic E-state index is 0.0236. The highest BCUT2D eigenvalue weighted by molar-refractivity contribution is 5.96. The fourth-order valence-electron chi connectivity index (χ4n) is 5.53. The first-order valence-electron chi connectivity index (χ1n) is 13.1. The molecule has 2 heterocycles. The van der Waals surface area contributed by atoms with Crippen LogP contribution >= 0.6 is 0 Å². The van der Waals surface area contributed by atoms with Crippen molar-refractivity contribution in [1.29, 1.82) is 0 Å². The van der Waals surface area contributed by atoms with Gasteiger partial charge in [-0.25, -0.2) is 0 Å². The van der Waals surface area contributed by atoms with Crippen molar-refractivity contribution < 1.29 is 27.5 Å². The topological polar surface area (TPSA) is 61.9 Å². The zero-order valence-electron chi connectivity index (χ0n) is 20.7. The molecule has 5 rings (SSSR count). The van der Waals surface area contributed by atoms with Crippen molar-refractivity contribution in [2.24, 2.45) is 0 Å². The van der Waals surface area contributed by atoms with Crippen LogP contribution in [0.2, 0.25) is 0 Å². The van der Waals surface area contributed by atoms with Gasteiger partial charge in [-0.1, -0.05) is 18.2 Å². The number of hydrogen-bond acceptors (Lipinski definition) is 4. The van der Waals surface area contributed by atoms with Crippen LogP contribution in [-0.2, 0) is 0 Å². The Bertz CT molecular complexity index is 1100. The first-order valence-corrected chi connectivity index (χ1v) is 13.1. The normalized spacial score (nSPS) is 20.0. The number of carbonyl (C=O) groups excluding carboxylic acids is 2. The highest BCUT2D eigenvalue weighted by Crippen LogP contribution is 2.42.